The van der Waals surface area contributed by atoms with Crippen molar-refractivity contribution in [3.8, 4) is 44.5 Å². The van der Waals surface area contributed by atoms with Gasteiger partial charge in [-0.05, 0) is 109 Å². The summed E-state index contributed by atoms with van der Waals surface area (Å²) >= 11 is 1.88. The zero-order chi connectivity index (χ0) is 38.4. The summed E-state index contributed by atoms with van der Waals surface area (Å²) in [4.78, 5) is 2.41. The summed E-state index contributed by atoms with van der Waals surface area (Å²) in [5.41, 5.74) is 13.0. The van der Waals surface area contributed by atoms with E-state index in [1.54, 1.807) is 0 Å². The van der Waals surface area contributed by atoms with E-state index in [0.717, 1.165) is 17.1 Å². The first-order valence-electron chi connectivity index (χ1n) is 19.8. The third-order valence-electron chi connectivity index (χ3n) is 11.5. The fourth-order valence-electron chi connectivity index (χ4n) is 8.60. The first kappa shape index (κ1) is 34.0. The summed E-state index contributed by atoms with van der Waals surface area (Å²) < 4.78 is 2.65. The first-order valence-corrected chi connectivity index (χ1v) is 20.6. The number of fused-ring (bicyclic) bond motifs is 5. The highest BCUT2D eigenvalue weighted by Crippen LogP contribution is 2.45. The predicted octanol–water partition coefficient (Wildman–Crippen LogP) is 16.5. The van der Waals surface area contributed by atoms with Gasteiger partial charge in [0.25, 0.3) is 0 Å². The summed E-state index contributed by atoms with van der Waals surface area (Å²) in [6.07, 6.45) is 0. The molecule has 11 rings (SSSR count). The number of thiophene rings is 1. The lowest BCUT2D eigenvalue weighted by Crippen LogP contribution is -2.11. The molecule has 0 atom stereocenters. The van der Waals surface area contributed by atoms with Crippen molar-refractivity contribution in [1.29, 1.82) is 0 Å². The smallest absolute Gasteiger partial charge is 0.0540 e. The second-order valence-corrected chi connectivity index (χ2v) is 15.9. The summed E-state index contributed by atoms with van der Waals surface area (Å²) in [5.74, 6) is 0. The molecule has 10 aromatic carbocycles. The minimum atomic E-state index is 1.10. The molecule has 0 saturated carbocycles. The minimum absolute atomic E-state index is 1.10. The van der Waals surface area contributed by atoms with Crippen molar-refractivity contribution in [3.63, 3.8) is 0 Å². The Balaban J connectivity index is 1.02. The van der Waals surface area contributed by atoms with Gasteiger partial charge < -0.3 is 4.90 Å². The van der Waals surface area contributed by atoms with Gasteiger partial charge in [0.1, 0.15) is 0 Å². The predicted molar refractivity (Wildman–Crippen MR) is 251 cm³/mol. The molecule has 0 aliphatic heterocycles. The van der Waals surface area contributed by atoms with Gasteiger partial charge in [0.15, 0.2) is 0 Å². The molecule has 0 aliphatic rings. The molecule has 0 aliphatic carbocycles. The van der Waals surface area contributed by atoms with Crippen LogP contribution in [-0.2, 0) is 0 Å². The van der Waals surface area contributed by atoms with Crippen LogP contribution in [0.2, 0.25) is 0 Å². The number of hydrogen-bond acceptors (Lipinski definition) is 2. The summed E-state index contributed by atoms with van der Waals surface area (Å²) in [7, 11) is 0. The molecule has 1 nitrogen and oxygen atoms in total. The largest absolute Gasteiger partial charge is 0.310 e. The van der Waals surface area contributed by atoms with E-state index in [1.165, 1.54) is 86.2 Å². The maximum atomic E-state index is 2.41. The van der Waals surface area contributed by atoms with E-state index < -0.39 is 0 Å². The van der Waals surface area contributed by atoms with Crippen LogP contribution in [0.1, 0.15) is 0 Å². The van der Waals surface area contributed by atoms with Crippen LogP contribution in [0.15, 0.2) is 224 Å². The quantitative estimate of drug-likeness (QED) is 0.157. The highest BCUT2D eigenvalue weighted by molar-refractivity contribution is 7.26. The normalized spacial score (nSPS) is 11.4. The Morgan fingerprint density at radius 2 is 0.828 bits per heavy atom. The molecule has 11 aromatic rings. The van der Waals surface area contributed by atoms with Crippen molar-refractivity contribution >= 4 is 70.1 Å². The van der Waals surface area contributed by atoms with E-state index in [-0.39, 0.29) is 0 Å². The van der Waals surface area contributed by atoms with E-state index in [4.69, 9.17) is 0 Å². The third kappa shape index (κ3) is 6.03. The summed E-state index contributed by atoms with van der Waals surface area (Å²) in [6, 6.07) is 81.9. The van der Waals surface area contributed by atoms with Crippen LogP contribution in [0.3, 0.4) is 0 Å². The lowest BCUT2D eigenvalue weighted by Gasteiger charge is -2.28. The lowest BCUT2D eigenvalue weighted by molar-refractivity contribution is 1.28. The molecule has 58 heavy (non-hydrogen) atoms. The first-order chi connectivity index (χ1) is 28.7. The Morgan fingerprint density at radius 1 is 0.293 bits per heavy atom. The van der Waals surface area contributed by atoms with Gasteiger partial charge in [-0.2, -0.15) is 0 Å². The fraction of sp³-hybridized carbons (Fsp3) is 0. The SMILES string of the molecule is c1cc(-c2ccc(N(c3ccc(-c4cccc5c4sc4ccccc45)cc3)c3ccccc3-c3cccc4ccccc34)cc2)cc(-c2ccc3ccccc3c2)c1. The standard InChI is InChI=1S/C56H37NS/c1-2-14-42-37-45(27-26-38(42)12-1)44-17-9-16-43(36-44)39-28-32-46(33-29-39)57(54-24-7-5-19-51(54)50-22-10-15-40-13-3-4-18-48(40)50)47-34-30-41(31-35-47)49-21-11-23-53-52-20-6-8-25-55(52)58-56(49)53/h1-37H. The molecule has 0 spiro atoms. The van der Waals surface area contributed by atoms with Crippen LogP contribution >= 0.6 is 11.3 Å². The van der Waals surface area contributed by atoms with E-state index in [0.29, 0.717) is 0 Å². The molecular formula is C56H37NS. The van der Waals surface area contributed by atoms with E-state index in [1.807, 2.05) is 11.3 Å². The van der Waals surface area contributed by atoms with Crippen LogP contribution in [0.4, 0.5) is 17.1 Å². The summed E-state index contributed by atoms with van der Waals surface area (Å²) in [6.45, 7) is 0. The average molecular weight is 756 g/mol. The Hall–Kier alpha value is -7.26. The molecule has 272 valence electrons. The van der Waals surface area contributed by atoms with Crippen molar-refractivity contribution in [1.82, 2.24) is 0 Å². The molecule has 1 aromatic heterocycles. The van der Waals surface area contributed by atoms with Crippen molar-refractivity contribution < 1.29 is 0 Å². The molecule has 1 heterocycles. The van der Waals surface area contributed by atoms with Gasteiger partial charge in [-0.15, -0.1) is 11.3 Å². The molecule has 0 N–H and O–H groups in total. The van der Waals surface area contributed by atoms with Crippen LogP contribution in [0.5, 0.6) is 0 Å². The van der Waals surface area contributed by atoms with Crippen molar-refractivity contribution in [2.75, 3.05) is 4.90 Å². The monoisotopic (exact) mass is 755 g/mol. The topological polar surface area (TPSA) is 3.24 Å². The van der Waals surface area contributed by atoms with Gasteiger partial charge in [0.2, 0.25) is 0 Å². The molecule has 0 radical (unpaired) electrons. The molecular weight excluding hydrogens is 719 g/mol. The number of para-hydroxylation sites is 1. The lowest BCUT2D eigenvalue weighted by atomic mass is 9.95. The Labute approximate surface area is 342 Å². The van der Waals surface area contributed by atoms with Crippen LogP contribution < -0.4 is 4.90 Å². The summed E-state index contributed by atoms with van der Waals surface area (Å²) in [5, 5.41) is 7.62. The molecule has 0 bridgehead atoms. The Morgan fingerprint density at radius 3 is 1.66 bits per heavy atom. The number of nitrogens with zero attached hydrogens (tertiary/aromatic N) is 1. The molecule has 0 saturated heterocycles. The van der Waals surface area contributed by atoms with Crippen molar-refractivity contribution in [2.45, 2.75) is 0 Å². The third-order valence-corrected chi connectivity index (χ3v) is 12.7. The molecule has 0 amide bonds. The second kappa shape index (κ2) is 14.4. The maximum absolute atomic E-state index is 2.41. The molecule has 0 unspecified atom stereocenters. The average Bonchev–Trinajstić information content (AvgIpc) is 3.69. The van der Waals surface area contributed by atoms with Crippen molar-refractivity contribution in [3.05, 3.63) is 224 Å². The number of anilines is 3. The van der Waals surface area contributed by atoms with E-state index in [9.17, 15) is 0 Å². The number of hydrogen-bond donors (Lipinski definition) is 0. The van der Waals surface area contributed by atoms with Gasteiger partial charge in [0, 0.05) is 37.1 Å². The maximum Gasteiger partial charge on any atom is 0.0540 e. The van der Waals surface area contributed by atoms with E-state index in [2.05, 4.69) is 229 Å². The number of benzene rings is 10. The van der Waals surface area contributed by atoms with Gasteiger partial charge in [-0.25, -0.2) is 0 Å². The van der Waals surface area contributed by atoms with Gasteiger partial charge in [-0.1, -0.05) is 176 Å². The zero-order valence-electron chi connectivity index (χ0n) is 31.7. The zero-order valence-corrected chi connectivity index (χ0v) is 32.5. The Kier molecular flexibility index (Phi) is 8.42. The van der Waals surface area contributed by atoms with Crippen LogP contribution in [-0.4, -0.2) is 0 Å². The van der Waals surface area contributed by atoms with Crippen LogP contribution in [0.25, 0.3) is 86.2 Å². The second-order valence-electron chi connectivity index (χ2n) is 14.9. The van der Waals surface area contributed by atoms with Gasteiger partial charge >= 0.3 is 0 Å². The minimum Gasteiger partial charge on any atom is -0.310 e. The van der Waals surface area contributed by atoms with Crippen LogP contribution in [0, 0.1) is 0 Å². The van der Waals surface area contributed by atoms with E-state index >= 15 is 0 Å². The van der Waals surface area contributed by atoms with Gasteiger partial charge in [0.05, 0.1) is 5.69 Å². The highest BCUT2D eigenvalue weighted by Gasteiger charge is 2.19. The highest BCUT2D eigenvalue weighted by atomic mass is 32.1. The van der Waals surface area contributed by atoms with Gasteiger partial charge in [-0.3, -0.25) is 0 Å². The Bertz CT molecular complexity index is 3280. The molecule has 2 heteroatoms. The number of rotatable bonds is 7. The molecule has 0 fully saturated rings. The van der Waals surface area contributed by atoms with Crippen molar-refractivity contribution in [2.24, 2.45) is 0 Å². The fourth-order valence-corrected chi connectivity index (χ4v) is 9.84.